The van der Waals surface area contributed by atoms with E-state index in [4.69, 9.17) is 4.74 Å². The number of amides is 1. The van der Waals surface area contributed by atoms with E-state index < -0.39 is 0 Å². The van der Waals surface area contributed by atoms with Gasteiger partial charge in [-0.05, 0) is 31.7 Å². The van der Waals surface area contributed by atoms with Crippen LogP contribution in [0.4, 0.5) is 0 Å². The van der Waals surface area contributed by atoms with E-state index in [1.807, 2.05) is 9.58 Å². The molecule has 1 N–H and O–H groups in total. The number of carbonyl (C=O) groups excluding carboxylic acids is 1. The molecule has 5 rings (SSSR count). The van der Waals surface area contributed by atoms with Gasteiger partial charge >= 0.3 is 6.01 Å². The smallest absolute Gasteiger partial charge is 0.326 e. The fourth-order valence-electron chi connectivity index (χ4n) is 3.63. The van der Waals surface area contributed by atoms with E-state index in [2.05, 4.69) is 20.1 Å². The van der Waals surface area contributed by atoms with Gasteiger partial charge in [-0.15, -0.1) is 0 Å². The first-order valence-electron chi connectivity index (χ1n) is 9.49. The Bertz CT molecular complexity index is 1030. The van der Waals surface area contributed by atoms with Gasteiger partial charge in [0.1, 0.15) is 0 Å². The topological polar surface area (TPSA) is 106 Å². The summed E-state index contributed by atoms with van der Waals surface area (Å²) in [5.74, 6) is 0.842. The van der Waals surface area contributed by atoms with Gasteiger partial charge in [0.2, 0.25) is 11.8 Å². The van der Waals surface area contributed by atoms with E-state index in [-0.39, 0.29) is 29.8 Å². The SMILES string of the molecule is O=C(C1CC1)N1CCC[C@H](n2cc(Oc3nc(O)c4ccncc4n3)cn2)C1. The van der Waals surface area contributed by atoms with Crippen LogP contribution in [-0.2, 0) is 4.79 Å². The molecule has 2 aliphatic rings. The van der Waals surface area contributed by atoms with Crippen molar-refractivity contribution < 1.29 is 14.6 Å². The maximum atomic E-state index is 12.3. The van der Waals surface area contributed by atoms with Crippen LogP contribution < -0.4 is 4.74 Å². The van der Waals surface area contributed by atoms with Crippen LogP contribution in [-0.4, -0.2) is 53.7 Å². The average Bonchev–Trinajstić information content (AvgIpc) is 3.47. The van der Waals surface area contributed by atoms with Crippen LogP contribution in [0.2, 0.25) is 0 Å². The Morgan fingerprint density at radius 3 is 2.96 bits per heavy atom. The number of hydrogen-bond acceptors (Lipinski definition) is 7. The summed E-state index contributed by atoms with van der Waals surface area (Å²) in [5, 5.41) is 15.0. The highest BCUT2D eigenvalue weighted by Gasteiger charge is 2.35. The van der Waals surface area contributed by atoms with E-state index in [0.29, 0.717) is 23.2 Å². The van der Waals surface area contributed by atoms with Gasteiger partial charge in [-0.1, -0.05) is 0 Å². The minimum atomic E-state index is -0.156. The number of likely N-dealkylation sites (tertiary alicyclic amines) is 1. The van der Waals surface area contributed by atoms with E-state index in [1.54, 1.807) is 30.9 Å². The highest BCUT2D eigenvalue weighted by Crippen LogP contribution is 2.33. The lowest BCUT2D eigenvalue weighted by Gasteiger charge is -2.33. The maximum Gasteiger partial charge on any atom is 0.326 e. The number of nitrogens with zero attached hydrogens (tertiary/aromatic N) is 6. The van der Waals surface area contributed by atoms with E-state index in [9.17, 15) is 9.90 Å². The monoisotopic (exact) mass is 380 g/mol. The summed E-state index contributed by atoms with van der Waals surface area (Å²) in [6.07, 6.45) is 10.5. The number of piperidine rings is 1. The normalized spacial score (nSPS) is 19.7. The minimum Gasteiger partial charge on any atom is -0.493 e. The first kappa shape index (κ1) is 16.9. The molecule has 0 aromatic carbocycles. The van der Waals surface area contributed by atoms with Gasteiger partial charge in [0.05, 0.1) is 35.5 Å². The molecule has 1 aliphatic carbocycles. The molecule has 0 spiro atoms. The second-order valence-corrected chi connectivity index (χ2v) is 7.34. The highest BCUT2D eigenvalue weighted by atomic mass is 16.5. The standard InChI is InChI=1S/C19H20N6O3/c26-17-15-5-6-20-9-16(15)22-19(23-17)28-14-8-21-25(11-14)13-2-1-7-24(10-13)18(27)12-3-4-12/h5-6,8-9,11-13H,1-4,7,10H2,(H,22,23,26)/t13-/m0/s1. The maximum absolute atomic E-state index is 12.3. The summed E-state index contributed by atoms with van der Waals surface area (Å²) in [7, 11) is 0. The molecule has 0 radical (unpaired) electrons. The lowest BCUT2D eigenvalue weighted by atomic mass is 10.1. The molecule has 1 saturated carbocycles. The van der Waals surface area contributed by atoms with Crippen molar-refractivity contribution in [2.45, 2.75) is 31.7 Å². The first-order chi connectivity index (χ1) is 13.7. The number of fused-ring (bicyclic) bond motifs is 1. The molecule has 3 aromatic heterocycles. The summed E-state index contributed by atoms with van der Waals surface area (Å²) < 4.78 is 7.52. The number of carbonyl (C=O) groups is 1. The molecule has 1 amide bonds. The zero-order chi connectivity index (χ0) is 19.1. The van der Waals surface area contributed by atoms with Crippen molar-refractivity contribution in [2.75, 3.05) is 13.1 Å². The molecule has 1 atom stereocenters. The Hall–Kier alpha value is -3.23. The number of aromatic nitrogens is 5. The van der Waals surface area contributed by atoms with Crippen LogP contribution >= 0.6 is 0 Å². The lowest BCUT2D eigenvalue weighted by molar-refractivity contribution is -0.134. The largest absolute Gasteiger partial charge is 0.493 e. The molecule has 144 valence electrons. The van der Waals surface area contributed by atoms with Crippen LogP contribution in [0.15, 0.2) is 30.9 Å². The molecule has 9 nitrogen and oxygen atoms in total. The van der Waals surface area contributed by atoms with Crippen molar-refractivity contribution in [2.24, 2.45) is 5.92 Å². The summed E-state index contributed by atoms with van der Waals surface area (Å²) in [4.78, 5) is 26.6. The molecule has 28 heavy (non-hydrogen) atoms. The summed E-state index contributed by atoms with van der Waals surface area (Å²) in [5.41, 5.74) is 0.499. The van der Waals surface area contributed by atoms with E-state index in [0.717, 1.165) is 32.2 Å². The number of pyridine rings is 1. The molecule has 9 heteroatoms. The van der Waals surface area contributed by atoms with Crippen molar-refractivity contribution in [3.05, 3.63) is 30.9 Å². The van der Waals surface area contributed by atoms with Gasteiger partial charge in [0, 0.05) is 25.2 Å². The van der Waals surface area contributed by atoms with Gasteiger partial charge in [-0.3, -0.25) is 14.5 Å². The predicted molar refractivity (Wildman–Crippen MR) is 98.9 cm³/mol. The Morgan fingerprint density at radius 2 is 2.11 bits per heavy atom. The van der Waals surface area contributed by atoms with Crippen molar-refractivity contribution >= 4 is 16.8 Å². The van der Waals surface area contributed by atoms with Crippen molar-refractivity contribution in [3.8, 4) is 17.6 Å². The average molecular weight is 380 g/mol. The third-order valence-electron chi connectivity index (χ3n) is 5.25. The minimum absolute atomic E-state index is 0.0340. The van der Waals surface area contributed by atoms with Crippen LogP contribution in [0.25, 0.3) is 10.9 Å². The molecule has 4 heterocycles. The van der Waals surface area contributed by atoms with Gasteiger partial charge in [0.25, 0.3) is 0 Å². The van der Waals surface area contributed by atoms with Gasteiger partial charge in [0.15, 0.2) is 5.75 Å². The molecule has 0 bridgehead atoms. The second-order valence-electron chi connectivity index (χ2n) is 7.34. The molecule has 3 aromatic rings. The zero-order valence-corrected chi connectivity index (χ0v) is 15.2. The number of aromatic hydroxyl groups is 1. The lowest BCUT2D eigenvalue weighted by Crippen LogP contribution is -2.41. The van der Waals surface area contributed by atoms with Gasteiger partial charge in [-0.2, -0.15) is 15.1 Å². The van der Waals surface area contributed by atoms with E-state index >= 15 is 0 Å². The molecule has 2 fully saturated rings. The van der Waals surface area contributed by atoms with Crippen LogP contribution in [0.3, 0.4) is 0 Å². The molecular weight excluding hydrogens is 360 g/mol. The third-order valence-corrected chi connectivity index (χ3v) is 5.25. The van der Waals surface area contributed by atoms with Crippen molar-refractivity contribution in [1.29, 1.82) is 0 Å². The molecule has 1 saturated heterocycles. The summed E-state index contributed by atoms with van der Waals surface area (Å²) in [6.45, 7) is 1.50. The number of ether oxygens (including phenoxy) is 1. The highest BCUT2D eigenvalue weighted by molar-refractivity contribution is 5.82. The Morgan fingerprint density at radius 1 is 1.21 bits per heavy atom. The molecular formula is C19H20N6O3. The van der Waals surface area contributed by atoms with Crippen molar-refractivity contribution in [1.82, 2.24) is 29.6 Å². The van der Waals surface area contributed by atoms with Crippen LogP contribution in [0.5, 0.6) is 17.6 Å². The Kier molecular flexibility index (Phi) is 4.07. The first-order valence-corrected chi connectivity index (χ1v) is 9.49. The van der Waals surface area contributed by atoms with Crippen LogP contribution in [0.1, 0.15) is 31.7 Å². The molecule has 0 unspecified atom stereocenters. The third kappa shape index (κ3) is 3.23. The Balaban J connectivity index is 1.31. The fraction of sp³-hybridized carbons (Fsp3) is 0.421. The second kappa shape index (κ2) is 6.74. The summed E-state index contributed by atoms with van der Waals surface area (Å²) in [6, 6.07) is 1.81. The number of hydrogen-bond donors (Lipinski definition) is 1. The van der Waals surface area contributed by atoms with Gasteiger partial charge in [-0.25, -0.2) is 0 Å². The predicted octanol–water partition coefficient (Wildman–Crippen LogP) is 2.29. The number of rotatable bonds is 4. The van der Waals surface area contributed by atoms with E-state index in [1.165, 1.54) is 0 Å². The molecule has 1 aliphatic heterocycles. The van der Waals surface area contributed by atoms with Crippen LogP contribution in [0, 0.1) is 5.92 Å². The van der Waals surface area contributed by atoms with Gasteiger partial charge < -0.3 is 14.7 Å². The quantitative estimate of drug-likeness (QED) is 0.740. The summed E-state index contributed by atoms with van der Waals surface area (Å²) >= 11 is 0. The Labute approximate surface area is 161 Å². The zero-order valence-electron chi connectivity index (χ0n) is 15.2. The fourth-order valence-corrected chi connectivity index (χ4v) is 3.63. The van der Waals surface area contributed by atoms with Crippen molar-refractivity contribution in [3.63, 3.8) is 0 Å².